The molecule has 0 spiro atoms. The van der Waals surface area contributed by atoms with Gasteiger partial charge < -0.3 is 5.32 Å². The quantitative estimate of drug-likeness (QED) is 0.905. The molecular weight excluding hydrogens is 264 g/mol. The van der Waals surface area contributed by atoms with Crippen LogP contribution in [0.1, 0.15) is 51.0 Å². The second-order valence-corrected chi connectivity index (χ2v) is 8.13. The summed E-state index contributed by atoms with van der Waals surface area (Å²) in [7, 11) is 0. The van der Waals surface area contributed by atoms with Crippen LogP contribution in [-0.4, -0.2) is 30.1 Å². The summed E-state index contributed by atoms with van der Waals surface area (Å²) in [6.45, 7) is 10.8. The van der Waals surface area contributed by atoms with Crippen LogP contribution in [0.4, 0.5) is 0 Å². The van der Waals surface area contributed by atoms with E-state index >= 15 is 0 Å². The highest BCUT2D eigenvalue weighted by Crippen LogP contribution is 2.42. The standard InChI is InChI=1S/C17H28N2S/c1-13(2)16(15-6-4-11-20-15)19-10-5-9-18-17(3,12-19)14-7-8-14/h4,6,11,13-14,16,18H,5,7-10,12H2,1-3H3. The van der Waals surface area contributed by atoms with Crippen LogP contribution in [0.3, 0.4) is 0 Å². The maximum Gasteiger partial charge on any atom is 0.0465 e. The molecule has 0 radical (unpaired) electrons. The van der Waals surface area contributed by atoms with Crippen LogP contribution in [0.2, 0.25) is 0 Å². The summed E-state index contributed by atoms with van der Waals surface area (Å²) in [4.78, 5) is 4.30. The molecule has 2 unspecified atom stereocenters. The van der Waals surface area contributed by atoms with Gasteiger partial charge in [-0.3, -0.25) is 4.90 Å². The van der Waals surface area contributed by atoms with Gasteiger partial charge in [0.2, 0.25) is 0 Å². The van der Waals surface area contributed by atoms with Gasteiger partial charge in [-0.05, 0) is 56.0 Å². The molecule has 2 heterocycles. The van der Waals surface area contributed by atoms with Crippen molar-refractivity contribution in [3.05, 3.63) is 22.4 Å². The molecule has 3 heteroatoms. The van der Waals surface area contributed by atoms with Crippen molar-refractivity contribution in [1.29, 1.82) is 0 Å². The summed E-state index contributed by atoms with van der Waals surface area (Å²) in [5.41, 5.74) is 0.334. The van der Waals surface area contributed by atoms with Crippen molar-refractivity contribution < 1.29 is 0 Å². The van der Waals surface area contributed by atoms with Gasteiger partial charge in [0.05, 0.1) is 0 Å². The molecule has 112 valence electrons. The molecular formula is C17H28N2S. The zero-order chi connectivity index (χ0) is 14.2. The Morgan fingerprint density at radius 2 is 2.20 bits per heavy atom. The minimum absolute atomic E-state index is 0.334. The Balaban J connectivity index is 1.82. The zero-order valence-electron chi connectivity index (χ0n) is 13.1. The second-order valence-electron chi connectivity index (χ2n) is 7.15. The average Bonchev–Trinajstić information content (AvgIpc) is 3.16. The molecule has 1 saturated carbocycles. The van der Waals surface area contributed by atoms with Crippen molar-refractivity contribution in [2.45, 2.75) is 51.6 Å². The molecule has 2 atom stereocenters. The van der Waals surface area contributed by atoms with Crippen molar-refractivity contribution in [3.8, 4) is 0 Å². The first-order chi connectivity index (χ1) is 9.60. The van der Waals surface area contributed by atoms with Gasteiger partial charge in [-0.25, -0.2) is 0 Å². The average molecular weight is 292 g/mol. The molecule has 0 bridgehead atoms. The summed E-state index contributed by atoms with van der Waals surface area (Å²) in [6, 6.07) is 5.11. The van der Waals surface area contributed by atoms with Crippen LogP contribution in [0.15, 0.2) is 17.5 Å². The lowest BCUT2D eigenvalue weighted by molar-refractivity contribution is 0.123. The van der Waals surface area contributed by atoms with Gasteiger partial charge in [0, 0.05) is 29.5 Å². The van der Waals surface area contributed by atoms with Crippen LogP contribution >= 0.6 is 11.3 Å². The van der Waals surface area contributed by atoms with Gasteiger partial charge in [0.1, 0.15) is 0 Å². The van der Waals surface area contributed by atoms with Crippen LogP contribution in [0.5, 0.6) is 0 Å². The first-order valence-corrected chi connectivity index (χ1v) is 9.00. The predicted molar refractivity (Wildman–Crippen MR) is 87.2 cm³/mol. The molecule has 2 fully saturated rings. The molecule has 1 aromatic rings. The smallest absolute Gasteiger partial charge is 0.0465 e. The van der Waals surface area contributed by atoms with Gasteiger partial charge in [0.25, 0.3) is 0 Å². The number of thiophene rings is 1. The van der Waals surface area contributed by atoms with Crippen LogP contribution in [-0.2, 0) is 0 Å². The maximum atomic E-state index is 3.85. The maximum absolute atomic E-state index is 3.85. The van der Waals surface area contributed by atoms with E-state index in [0.717, 1.165) is 5.92 Å². The third kappa shape index (κ3) is 2.95. The van der Waals surface area contributed by atoms with Gasteiger partial charge in [-0.2, -0.15) is 0 Å². The van der Waals surface area contributed by atoms with Crippen molar-refractivity contribution in [1.82, 2.24) is 10.2 Å². The van der Waals surface area contributed by atoms with Crippen molar-refractivity contribution in [2.75, 3.05) is 19.6 Å². The van der Waals surface area contributed by atoms with E-state index in [0.29, 0.717) is 17.5 Å². The topological polar surface area (TPSA) is 15.3 Å². The summed E-state index contributed by atoms with van der Waals surface area (Å²) in [6.07, 6.45) is 4.11. The van der Waals surface area contributed by atoms with Gasteiger partial charge >= 0.3 is 0 Å². The summed E-state index contributed by atoms with van der Waals surface area (Å²) < 4.78 is 0. The highest BCUT2D eigenvalue weighted by atomic mass is 32.1. The molecule has 1 aliphatic carbocycles. The molecule has 20 heavy (non-hydrogen) atoms. The minimum Gasteiger partial charge on any atom is -0.310 e. The molecule has 1 aliphatic heterocycles. The predicted octanol–water partition coefficient (Wildman–Crippen LogP) is 3.91. The van der Waals surface area contributed by atoms with E-state index in [-0.39, 0.29) is 0 Å². The van der Waals surface area contributed by atoms with Crippen LogP contribution in [0, 0.1) is 11.8 Å². The lowest BCUT2D eigenvalue weighted by atomic mass is 9.93. The fraction of sp³-hybridized carbons (Fsp3) is 0.765. The fourth-order valence-corrected chi connectivity index (χ4v) is 4.87. The van der Waals surface area contributed by atoms with E-state index < -0.39 is 0 Å². The molecule has 1 aromatic heterocycles. The first-order valence-electron chi connectivity index (χ1n) is 8.12. The molecule has 2 nitrogen and oxygen atoms in total. The first kappa shape index (κ1) is 14.6. The van der Waals surface area contributed by atoms with Crippen LogP contribution < -0.4 is 5.32 Å². The Morgan fingerprint density at radius 3 is 2.80 bits per heavy atom. The number of nitrogens with zero attached hydrogens (tertiary/aromatic N) is 1. The Morgan fingerprint density at radius 1 is 1.40 bits per heavy atom. The molecule has 0 amide bonds. The number of nitrogens with one attached hydrogen (secondary N) is 1. The monoisotopic (exact) mass is 292 g/mol. The van der Waals surface area contributed by atoms with Gasteiger partial charge in [0.15, 0.2) is 0 Å². The lowest BCUT2D eigenvalue weighted by Gasteiger charge is -2.39. The highest BCUT2D eigenvalue weighted by molar-refractivity contribution is 7.10. The molecule has 3 rings (SSSR count). The Kier molecular flexibility index (Phi) is 4.21. The lowest BCUT2D eigenvalue weighted by Crippen LogP contribution is -2.51. The van der Waals surface area contributed by atoms with Crippen molar-refractivity contribution in [3.63, 3.8) is 0 Å². The van der Waals surface area contributed by atoms with E-state index in [4.69, 9.17) is 0 Å². The third-order valence-electron chi connectivity index (χ3n) is 5.02. The number of hydrogen-bond acceptors (Lipinski definition) is 3. The van der Waals surface area contributed by atoms with E-state index in [1.165, 1.54) is 38.9 Å². The number of rotatable bonds is 4. The van der Waals surface area contributed by atoms with Gasteiger partial charge in [-0.1, -0.05) is 19.9 Å². The normalized spacial score (nSPS) is 30.4. The SMILES string of the molecule is CC(C)C(c1cccs1)N1CCCNC(C)(C2CC2)C1. The minimum atomic E-state index is 0.334. The summed E-state index contributed by atoms with van der Waals surface area (Å²) in [5.74, 6) is 1.58. The third-order valence-corrected chi connectivity index (χ3v) is 5.96. The molecule has 1 N–H and O–H groups in total. The molecule has 0 aromatic carbocycles. The Bertz CT molecular complexity index is 424. The van der Waals surface area contributed by atoms with Crippen molar-refractivity contribution >= 4 is 11.3 Å². The summed E-state index contributed by atoms with van der Waals surface area (Å²) in [5, 5.41) is 6.07. The van der Waals surface area contributed by atoms with E-state index in [1.807, 2.05) is 11.3 Å². The van der Waals surface area contributed by atoms with Crippen molar-refractivity contribution in [2.24, 2.45) is 11.8 Å². The van der Waals surface area contributed by atoms with Gasteiger partial charge in [-0.15, -0.1) is 11.3 Å². The Labute approximate surface area is 127 Å². The fourth-order valence-electron chi connectivity index (χ4n) is 3.83. The molecule has 2 aliphatic rings. The highest BCUT2D eigenvalue weighted by Gasteiger charge is 2.44. The van der Waals surface area contributed by atoms with E-state index in [1.54, 1.807) is 4.88 Å². The van der Waals surface area contributed by atoms with E-state index in [2.05, 4.69) is 48.5 Å². The Hall–Kier alpha value is -0.380. The largest absolute Gasteiger partial charge is 0.310 e. The van der Waals surface area contributed by atoms with Crippen LogP contribution in [0.25, 0.3) is 0 Å². The second kappa shape index (κ2) is 5.78. The van der Waals surface area contributed by atoms with E-state index in [9.17, 15) is 0 Å². The zero-order valence-corrected chi connectivity index (χ0v) is 13.9. The summed E-state index contributed by atoms with van der Waals surface area (Å²) >= 11 is 1.92. The number of hydrogen-bond donors (Lipinski definition) is 1. The molecule has 1 saturated heterocycles.